The van der Waals surface area contributed by atoms with Gasteiger partial charge in [-0.05, 0) is 25.7 Å². The average Bonchev–Trinajstić information content (AvgIpc) is 1.96. The lowest BCUT2D eigenvalue weighted by Crippen LogP contribution is -2.55. The standard InChI is InChI=1S/C8H16N2O/c1-3-8(5-4-6-8)10-7(11)9-2/h3-6H2,1-2H3,(H2,9,10,11). The maximum absolute atomic E-state index is 11.0. The van der Waals surface area contributed by atoms with Gasteiger partial charge in [0.25, 0.3) is 0 Å². The van der Waals surface area contributed by atoms with Crippen LogP contribution in [0.25, 0.3) is 0 Å². The van der Waals surface area contributed by atoms with Gasteiger partial charge in [-0.3, -0.25) is 0 Å². The molecule has 0 aliphatic heterocycles. The Labute approximate surface area is 67.5 Å². The van der Waals surface area contributed by atoms with E-state index in [4.69, 9.17) is 0 Å². The Hall–Kier alpha value is -0.730. The van der Waals surface area contributed by atoms with Crippen LogP contribution in [0.4, 0.5) is 4.79 Å². The molecule has 0 radical (unpaired) electrons. The van der Waals surface area contributed by atoms with Gasteiger partial charge in [0.1, 0.15) is 0 Å². The summed E-state index contributed by atoms with van der Waals surface area (Å²) in [5, 5.41) is 5.55. The molecule has 0 bridgehead atoms. The Morgan fingerprint density at radius 3 is 2.45 bits per heavy atom. The van der Waals surface area contributed by atoms with Crippen molar-refractivity contribution in [1.29, 1.82) is 0 Å². The molecule has 2 amide bonds. The van der Waals surface area contributed by atoms with Crippen LogP contribution in [0.2, 0.25) is 0 Å². The maximum atomic E-state index is 11.0. The highest BCUT2D eigenvalue weighted by Gasteiger charge is 2.35. The molecule has 11 heavy (non-hydrogen) atoms. The van der Waals surface area contributed by atoms with Crippen molar-refractivity contribution in [2.24, 2.45) is 0 Å². The van der Waals surface area contributed by atoms with Gasteiger partial charge >= 0.3 is 6.03 Å². The van der Waals surface area contributed by atoms with Crippen LogP contribution in [0.15, 0.2) is 0 Å². The first kappa shape index (κ1) is 8.37. The molecule has 0 saturated heterocycles. The Kier molecular flexibility index (Phi) is 2.37. The molecule has 3 nitrogen and oxygen atoms in total. The fourth-order valence-electron chi connectivity index (χ4n) is 1.47. The van der Waals surface area contributed by atoms with Crippen molar-refractivity contribution < 1.29 is 4.79 Å². The van der Waals surface area contributed by atoms with Gasteiger partial charge in [-0.1, -0.05) is 6.92 Å². The predicted molar refractivity (Wildman–Crippen MR) is 44.5 cm³/mol. The molecule has 0 spiro atoms. The minimum Gasteiger partial charge on any atom is -0.341 e. The highest BCUT2D eigenvalue weighted by atomic mass is 16.2. The highest BCUT2D eigenvalue weighted by Crippen LogP contribution is 2.34. The molecule has 0 aromatic rings. The Balaban J connectivity index is 2.38. The second-order valence-corrected chi connectivity index (χ2v) is 3.19. The molecule has 2 N–H and O–H groups in total. The zero-order chi connectivity index (χ0) is 8.32. The molecule has 0 unspecified atom stereocenters. The van der Waals surface area contributed by atoms with Gasteiger partial charge in [0.15, 0.2) is 0 Å². The SMILES string of the molecule is CCC1(NC(=O)NC)CCC1. The summed E-state index contributed by atoms with van der Waals surface area (Å²) in [6, 6.07) is -0.0495. The highest BCUT2D eigenvalue weighted by molar-refractivity contribution is 5.74. The van der Waals surface area contributed by atoms with Crippen molar-refractivity contribution in [3.8, 4) is 0 Å². The molecule has 0 aromatic heterocycles. The monoisotopic (exact) mass is 156 g/mol. The fraction of sp³-hybridized carbons (Fsp3) is 0.875. The largest absolute Gasteiger partial charge is 0.341 e. The minimum absolute atomic E-state index is 0.0495. The van der Waals surface area contributed by atoms with E-state index in [1.54, 1.807) is 7.05 Å². The van der Waals surface area contributed by atoms with E-state index in [9.17, 15) is 4.79 Å². The topological polar surface area (TPSA) is 41.1 Å². The van der Waals surface area contributed by atoms with Crippen molar-refractivity contribution in [1.82, 2.24) is 10.6 Å². The van der Waals surface area contributed by atoms with E-state index in [-0.39, 0.29) is 11.6 Å². The van der Waals surface area contributed by atoms with Gasteiger partial charge in [-0.25, -0.2) is 4.79 Å². The van der Waals surface area contributed by atoms with Crippen LogP contribution in [0, 0.1) is 0 Å². The Morgan fingerprint density at radius 1 is 1.55 bits per heavy atom. The third kappa shape index (κ3) is 1.64. The number of hydrogen-bond donors (Lipinski definition) is 2. The molecule has 1 fully saturated rings. The fourth-order valence-corrected chi connectivity index (χ4v) is 1.47. The second kappa shape index (κ2) is 3.11. The van der Waals surface area contributed by atoms with E-state index >= 15 is 0 Å². The Morgan fingerprint density at radius 2 is 2.18 bits per heavy atom. The van der Waals surface area contributed by atoms with Crippen LogP contribution in [-0.4, -0.2) is 18.6 Å². The summed E-state index contributed by atoms with van der Waals surface area (Å²) in [4.78, 5) is 11.0. The van der Waals surface area contributed by atoms with Crippen molar-refractivity contribution >= 4 is 6.03 Å². The van der Waals surface area contributed by atoms with Gasteiger partial charge in [0.2, 0.25) is 0 Å². The quantitative estimate of drug-likeness (QED) is 0.620. The van der Waals surface area contributed by atoms with Crippen molar-refractivity contribution in [3.63, 3.8) is 0 Å². The lowest BCUT2D eigenvalue weighted by atomic mass is 9.75. The minimum atomic E-state index is -0.0495. The number of carbonyl (C=O) groups excluding carboxylic acids is 1. The third-order valence-electron chi connectivity index (χ3n) is 2.59. The predicted octanol–water partition coefficient (Wildman–Crippen LogP) is 1.25. The first-order chi connectivity index (χ1) is 5.22. The van der Waals surface area contributed by atoms with E-state index < -0.39 is 0 Å². The van der Waals surface area contributed by atoms with Gasteiger partial charge < -0.3 is 10.6 Å². The lowest BCUT2D eigenvalue weighted by Gasteiger charge is -2.41. The number of carbonyl (C=O) groups is 1. The average molecular weight is 156 g/mol. The zero-order valence-electron chi connectivity index (χ0n) is 7.24. The summed E-state index contributed by atoms with van der Waals surface area (Å²) in [5.74, 6) is 0. The molecule has 3 heteroatoms. The van der Waals surface area contributed by atoms with Crippen LogP contribution >= 0.6 is 0 Å². The maximum Gasteiger partial charge on any atom is 0.314 e. The number of urea groups is 1. The van der Waals surface area contributed by atoms with Crippen molar-refractivity contribution in [3.05, 3.63) is 0 Å². The van der Waals surface area contributed by atoms with Crippen LogP contribution < -0.4 is 10.6 Å². The molecule has 1 rings (SSSR count). The van der Waals surface area contributed by atoms with Gasteiger partial charge in [-0.2, -0.15) is 0 Å². The van der Waals surface area contributed by atoms with E-state index in [1.807, 2.05) is 0 Å². The summed E-state index contributed by atoms with van der Waals surface area (Å²) in [7, 11) is 1.65. The first-order valence-corrected chi connectivity index (χ1v) is 4.22. The number of amides is 2. The van der Waals surface area contributed by atoms with Crippen molar-refractivity contribution in [2.75, 3.05) is 7.05 Å². The molecule has 64 valence electrons. The molecule has 1 saturated carbocycles. The van der Waals surface area contributed by atoms with E-state index in [1.165, 1.54) is 6.42 Å². The number of nitrogens with one attached hydrogen (secondary N) is 2. The van der Waals surface area contributed by atoms with Crippen LogP contribution in [-0.2, 0) is 0 Å². The number of hydrogen-bond acceptors (Lipinski definition) is 1. The smallest absolute Gasteiger partial charge is 0.314 e. The van der Waals surface area contributed by atoms with E-state index in [0.717, 1.165) is 19.3 Å². The summed E-state index contributed by atoms with van der Waals surface area (Å²) in [6.07, 6.45) is 4.56. The molecule has 1 aliphatic rings. The molecule has 0 heterocycles. The van der Waals surface area contributed by atoms with Crippen molar-refractivity contribution in [2.45, 2.75) is 38.1 Å². The molecule has 0 atom stereocenters. The van der Waals surface area contributed by atoms with E-state index in [0.29, 0.717) is 0 Å². The van der Waals surface area contributed by atoms with Crippen LogP contribution in [0.5, 0.6) is 0 Å². The molecule has 0 aromatic carbocycles. The van der Waals surface area contributed by atoms with Gasteiger partial charge in [-0.15, -0.1) is 0 Å². The number of rotatable bonds is 2. The summed E-state index contributed by atoms with van der Waals surface area (Å²) >= 11 is 0. The van der Waals surface area contributed by atoms with Gasteiger partial charge in [0.05, 0.1) is 0 Å². The van der Waals surface area contributed by atoms with Gasteiger partial charge in [0, 0.05) is 12.6 Å². The third-order valence-corrected chi connectivity index (χ3v) is 2.59. The summed E-state index contributed by atoms with van der Waals surface area (Å²) in [6.45, 7) is 2.12. The summed E-state index contributed by atoms with van der Waals surface area (Å²) in [5.41, 5.74) is 0.125. The Bertz CT molecular complexity index is 147. The van der Waals surface area contributed by atoms with Crippen LogP contribution in [0.3, 0.4) is 0 Å². The van der Waals surface area contributed by atoms with E-state index in [2.05, 4.69) is 17.6 Å². The first-order valence-electron chi connectivity index (χ1n) is 4.22. The second-order valence-electron chi connectivity index (χ2n) is 3.19. The normalized spacial score (nSPS) is 20.2. The van der Waals surface area contributed by atoms with Crippen LogP contribution in [0.1, 0.15) is 32.6 Å². The molecular formula is C8H16N2O. The molecular weight excluding hydrogens is 140 g/mol. The summed E-state index contributed by atoms with van der Waals surface area (Å²) < 4.78 is 0. The lowest BCUT2D eigenvalue weighted by molar-refractivity contribution is 0.173. The molecule has 1 aliphatic carbocycles. The zero-order valence-corrected chi connectivity index (χ0v) is 7.24.